The van der Waals surface area contributed by atoms with Gasteiger partial charge in [-0.3, -0.25) is 0 Å². The molecule has 0 bridgehead atoms. The van der Waals surface area contributed by atoms with E-state index < -0.39 is 5.41 Å². The molecule has 20 heavy (non-hydrogen) atoms. The van der Waals surface area contributed by atoms with Gasteiger partial charge in [-0.15, -0.1) is 6.42 Å². The zero-order valence-corrected chi connectivity index (χ0v) is 15.1. The second-order valence-corrected chi connectivity index (χ2v) is 4.69. The van der Waals surface area contributed by atoms with Crippen LogP contribution in [0.25, 0.3) is 0 Å². The molecule has 2 N–H and O–H groups in total. The van der Waals surface area contributed by atoms with Crippen LogP contribution in [-0.4, -0.2) is 29.2 Å². The van der Waals surface area contributed by atoms with Crippen LogP contribution in [0, 0.1) is 11.3 Å². The summed E-state index contributed by atoms with van der Waals surface area (Å²) in [6, 6.07) is 9.80. The van der Waals surface area contributed by atoms with E-state index in [1.54, 1.807) is 0 Å². The van der Waals surface area contributed by atoms with E-state index in [2.05, 4.69) is 0 Å². The molecule has 4 heteroatoms. The van der Waals surface area contributed by atoms with E-state index in [0.29, 0.717) is 19.3 Å². The summed E-state index contributed by atoms with van der Waals surface area (Å²) in [4.78, 5) is 12.1. The van der Waals surface area contributed by atoms with E-state index in [9.17, 15) is 15.0 Å². The third-order valence-corrected chi connectivity index (χ3v) is 3.57. The molecule has 0 unspecified atom stereocenters. The van der Waals surface area contributed by atoms with Gasteiger partial charge < -0.3 is 20.9 Å². The minimum Gasteiger partial charge on any atom is -0.395 e. The molecule has 109 valence electrons. The van der Waals surface area contributed by atoms with Crippen LogP contribution in [0.15, 0.2) is 30.3 Å². The van der Waals surface area contributed by atoms with E-state index >= 15 is 0 Å². The van der Waals surface area contributed by atoms with Crippen molar-refractivity contribution in [3.63, 3.8) is 0 Å². The maximum absolute atomic E-state index is 12.1. The zero-order chi connectivity index (χ0) is 14.3. The summed E-state index contributed by atoms with van der Waals surface area (Å²) in [5, 5.41) is 18.6. The minimum absolute atomic E-state index is 0. The van der Waals surface area contributed by atoms with Gasteiger partial charge in [-0.05, 0) is 0 Å². The smallest absolute Gasteiger partial charge is 0.0552 e. The Morgan fingerprint density at radius 2 is 1.70 bits per heavy atom. The number of benzene rings is 1. The summed E-state index contributed by atoms with van der Waals surface area (Å²) < 4.78 is 0. The largest absolute Gasteiger partial charge is 0.395 e. The van der Waals surface area contributed by atoms with Gasteiger partial charge in [0.25, 0.3) is 0 Å². The maximum Gasteiger partial charge on any atom is 0.0552 e. The van der Waals surface area contributed by atoms with Crippen molar-refractivity contribution in [1.29, 1.82) is 0 Å². The van der Waals surface area contributed by atoms with Crippen molar-refractivity contribution >= 4 is 5.78 Å². The number of hydrogen-bond acceptors (Lipinski definition) is 3. The fraction of sp³-hybridized carbons (Fsp3) is 0.500. The number of aliphatic hydroxyl groups excluding tert-OH is 2. The van der Waals surface area contributed by atoms with Gasteiger partial charge in [-0.1, -0.05) is 56.2 Å². The van der Waals surface area contributed by atoms with Gasteiger partial charge >= 0.3 is 0 Å². The molecule has 1 radical (unpaired) electrons. The van der Waals surface area contributed by atoms with Crippen LogP contribution in [0.3, 0.4) is 0 Å². The number of carbonyl (C=O) groups is 1. The average molecular weight is 352 g/mol. The molecular formula is C16H23O3Y-. The Morgan fingerprint density at radius 1 is 1.15 bits per heavy atom. The fourth-order valence-corrected chi connectivity index (χ4v) is 2.35. The molecule has 0 atom stereocenters. The van der Waals surface area contributed by atoms with Crippen LogP contribution in [0.1, 0.15) is 32.3 Å². The number of rotatable bonds is 4. The molecule has 0 heterocycles. The van der Waals surface area contributed by atoms with Crippen molar-refractivity contribution in [3.8, 4) is 0 Å². The monoisotopic (exact) mass is 352 g/mol. The van der Waals surface area contributed by atoms with Crippen LogP contribution in [-0.2, 0) is 43.9 Å². The van der Waals surface area contributed by atoms with Crippen LogP contribution in [0.4, 0.5) is 0 Å². The van der Waals surface area contributed by atoms with Crippen LogP contribution < -0.4 is 0 Å². The maximum atomic E-state index is 12.1. The average Bonchev–Trinajstić information content (AvgIpc) is 2.80. The number of ketones is 1. The van der Waals surface area contributed by atoms with Crippen molar-refractivity contribution in [3.05, 3.63) is 41.8 Å². The molecule has 1 aromatic carbocycles. The Labute approximate surface area is 146 Å². The molecule has 1 saturated carbocycles. The topological polar surface area (TPSA) is 57.5 Å². The Morgan fingerprint density at radius 3 is 2.15 bits per heavy atom. The van der Waals surface area contributed by atoms with Crippen molar-refractivity contribution in [2.45, 2.75) is 33.1 Å². The van der Waals surface area contributed by atoms with Gasteiger partial charge in [-0.25, -0.2) is 0 Å². The molecule has 1 aliphatic carbocycles. The van der Waals surface area contributed by atoms with Gasteiger partial charge in [0, 0.05) is 43.9 Å². The van der Waals surface area contributed by atoms with E-state index in [0.717, 1.165) is 11.5 Å². The second kappa shape index (κ2) is 9.67. The Kier molecular flexibility index (Phi) is 9.57. The van der Waals surface area contributed by atoms with Crippen LogP contribution in [0.5, 0.6) is 0 Å². The Bertz CT molecular complexity index is 388. The van der Waals surface area contributed by atoms with Crippen molar-refractivity contribution in [2.24, 2.45) is 5.41 Å². The van der Waals surface area contributed by atoms with E-state index in [1.165, 1.54) is 0 Å². The molecule has 0 saturated heterocycles. The third-order valence-electron chi connectivity index (χ3n) is 3.57. The summed E-state index contributed by atoms with van der Waals surface area (Å²) in [5.41, 5.74) is 0.173. The first kappa shape index (κ1) is 19.8. The second-order valence-electron chi connectivity index (χ2n) is 4.69. The van der Waals surface area contributed by atoms with E-state index in [1.807, 2.05) is 44.2 Å². The van der Waals surface area contributed by atoms with Gasteiger partial charge in [0.05, 0.1) is 13.2 Å². The van der Waals surface area contributed by atoms with Gasteiger partial charge in [0.2, 0.25) is 0 Å². The van der Waals surface area contributed by atoms with Crippen molar-refractivity contribution < 1.29 is 47.7 Å². The molecule has 0 amide bonds. The summed E-state index contributed by atoms with van der Waals surface area (Å²) >= 11 is 0. The van der Waals surface area contributed by atoms with Crippen molar-refractivity contribution in [2.75, 3.05) is 13.2 Å². The molecule has 1 aliphatic rings. The van der Waals surface area contributed by atoms with E-state index in [4.69, 9.17) is 0 Å². The predicted octanol–water partition coefficient (Wildman–Crippen LogP) is 2.16. The van der Waals surface area contributed by atoms with Crippen LogP contribution >= 0.6 is 0 Å². The summed E-state index contributed by atoms with van der Waals surface area (Å²) in [6.07, 6.45) is 1.86. The van der Waals surface area contributed by atoms with Gasteiger partial charge in [0.1, 0.15) is 0 Å². The zero-order valence-electron chi connectivity index (χ0n) is 12.3. The van der Waals surface area contributed by atoms with Crippen molar-refractivity contribution in [1.82, 2.24) is 0 Å². The fourth-order valence-electron chi connectivity index (χ4n) is 2.35. The Balaban J connectivity index is 0.00000115. The molecule has 2 rings (SSSR count). The predicted molar refractivity (Wildman–Crippen MR) is 75.6 cm³/mol. The van der Waals surface area contributed by atoms with Gasteiger partial charge in [0.15, 0.2) is 0 Å². The summed E-state index contributed by atoms with van der Waals surface area (Å²) in [7, 11) is 0. The molecule has 0 aromatic heterocycles. The normalized spacial score (nSPS) is 16.2. The molecule has 3 nitrogen and oxygen atoms in total. The first-order valence-electron chi connectivity index (χ1n) is 6.87. The van der Waals surface area contributed by atoms with E-state index in [-0.39, 0.29) is 51.7 Å². The molecule has 1 aromatic rings. The number of hydrogen-bond donors (Lipinski definition) is 2. The number of Topliss-reactive ketones (excluding diaryl/α,β-unsaturated/α-hetero) is 1. The molecule has 1 fully saturated rings. The minimum atomic E-state index is -0.926. The molecular weight excluding hydrogens is 329 g/mol. The number of aliphatic hydroxyl groups is 2. The third kappa shape index (κ3) is 4.39. The van der Waals surface area contributed by atoms with Gasteiger partial charge in [-0.2, -0.15) is 6.42 Å². The first-order chi connectivity index (χ1) is 9.22. The summed E-state index contributed by atoms with van der Waals surface area (Å²) in [5.74, 6) is 0.755. The number of carbonyl (C=O) groups excluding carboxylic acids is 1. The molecule has 0 spiro atoms. The SMILES string of the molecule is CC.O=C1[C-](Cc2ccccc2)CCC1(CO)CO.[Y]. The Hall–Kier alpha value is -0.216. The summed E-state index contributed by atoms with van der Waals surface area (Å²) in [6.45, 7) is 3.47. The standard InChI is InChI=1S/C14H17O3.C2H6.Y/c15-9-14(10-16)7-6-12(13(14)17)8-11-4-2-1-3-5-11;1-2;/h1-5,15-16H,6-10H2;1-2H3;/q-1;;. The van der Waals surface area contributed by atoms with Crippen LogP contribution in [0.2, 0.25) is 0 Å². The quantitative estimate of drug-likeness (QED) is 0.817. The molecule has 0 aliphatic heterocycles. The first-order valence-corrected chi connectivity index (χ1v) is 6.87.